The number of rotatable bonds is 9. The van der Waals surface area contributed by atoms with Gasteiger partial charge in [0.15, 0.2) is 0 Å². The summed E-state index contributed by atoms with van der Waals surface area (Å²) < 4.78 is 16.6. The third-order valence-corrected chi connectivity index (χ3v) is 4.76. The Bertz CT molecular complexity index is 780. The number of carboxylic acid groups (broad SMARTS) is 1. The number of hydrogen-bond acceptors (Lipinski definition) is 4. The average molecular weight is 372 g/mol. The standard InChI is InChI=1S/C22H28O5/c1-14-10-18(11-15(2)22(23)24)20(16(3)21(14)26-5)13-27-12-17-6-8-19(25-4)9-7-17/h6-10,15H,11-13H2,1-5H3,(H,23,24)/t15-/m0/s1. The third kappa shape index (κ3) is 5.23. The van der Waals surface area contributed by atoms with E-state index in [2.05, 4.69) is 0 Å². The van der Waals surface area contributed by atoms with Crippen LogP contribution in [0.1, 0.15) is 34.7 Å². The molecule has 0 amide bonds. The van der Waals surface area contributed by atoms with Crippen molar-refractivity contribution >= 4 is 5.97 Å². The van der Waals surface area contributed by atoms with E-state index in [9.17, 15) is 9.90 Å². The molecule has 146 valence electrons. The summed E-state index contributed by atoms with van der Waals surface area (Å²) in [5.74, 6) is 0.372. The molecule has 5 heteroatoms. The Labute approximate surface area is 160 Å². The van der Waals surface area contributed by atoms with Crippen LogP contribution >= 0.6 is 0 Å². The highest BCUT2D eigenvalue weighted by Crippen LogP contribution is 2.31. The number of aryl methyl sites for hydroxylation is 1. The Balaban J connectivity index is 2.20. The summed E-state index contributed by atoms with van der Waals surface area (Å²) in [6, 6.07) is 9.75. The number of benzene rings is 2. The van der Waals surface area contributed by atoms with Crippen LogP contribution in [0.5, 0.6) is 11.5 Å². The Morgan fingerprint density at radius 1 is 1.07 bits per heavy atom. The number of hydrogen-bond donors (Lipinski definition) is 1. The first-order valence-corrected chi connectivity index (χ1v) is 8.96. The minimum absolute atomic E-state index is 0.399. The molecule has 0 aliphatic rings. The van der Waals surface area contributed by atoms with Gasteiger partial charge < -0.3 is 19.3 Å². The Hall–Kier alpha value is -2.53. The molecule has 0 saturated carbocycles. The number of carbonyl (C=O) groups is 1. The molecule has 0 unspecified atom stereocenters. The molecule has 0 fully saturated rings. The Kier molecular flexibility index (Phi) is 7.25. The zero-order valence-electron chi connectivity index (χ0n) is 16.7. The van der Waals surface area contributed by atoms with Gasteiger partial charge in [-0.2, -0.15) is 0 Å². The average Bonchev–Trinajstić information content (AvgIpc) is 2.64. The molecule has 0 aliphatic heterocycles. The van der Waals surface area contributed by atoms with Crippen molar-refractivity contribution in [3.05, 3.63) is 58.1 Å². The predicted octanol–water partition coefficient (Wildman–Crippen LogP) is 4.30. The molecule has 0 bridgehead atoms. The SMILES string of the molecule is COc1ccc(COCc2c(C[C@H](C)C(=O)O)cc(C)c(OC)c2C)cc1. The second-order valence-electron chi connectivity index (χ2n) is 6.77. The van der Waals surface area contributed by atoms with Crippen molar-refractivity contribution in [3.8, 4) is 11.5 Å². The quantitative estimate of drug-likeness (QED) is 0.711. The van der Waals surface area contributed by atoms with Crippen LogP contribution in [0.4, 0.5) is 0 Å². The third-order valence-electron chi connectivity index (χ3n) is 4.76. The number of methoxy groups -OCH3 is 2. The molecule has 2 rings (SSSR count). The zero-order valence-corrected chi connectivity index (χ0v) is 16.7. The first-order chi connectivity index (χ1) is 12.9. The first-order valence-electron chi connectivity index (χ1n) is 8.96. The molecule has 1 atom stereocenters. The van der Waals surface area contributed by atoms with Crippen LogP contribution in [0.2, 0.25) is 0 Å². The zero-order chi connectivity index (χ0) is 20.0. The number of carboxylic acids is 1. The van der Waals surface area contributed by atoms with E-state index >= 15 is 0 Å². The van der Waals surface area contributed by atoms with E-state index in [1.807, 2.05) is 44.2 Å². The van der Waals surface area contributed by atoms with Gasteiger partial charge in [0.2, 0.25) is 0 Å². The molecule has 0 aliphatic carbocycles. The summed E-state index contributed by atoms with van der Waals surface area (Å²) in [6.07, 6.45) is 0.461. The fourth-order valence-corrected chi connectivity index (χ4v) is 3.19. The monoisotopic (exact) mass is 372 g/mol. The van der Waals surface area contributed by atoms with E-state index in [0.717, 1.165) is 39.3 Å². The lowest BCUT2D eigenvalue weighted by molar-refractivity contribution is -0.141. The van der Waals surface area contributed by atoms with Gasteiger partial charge in [0.1, 0.15) is 11.5 Å². The largest absolute Gasteiger partial charge is 0.497 e. The predicted molar refractivity (Wildman–Crippen MR) is 104 cm³/mol. The van der Waals surface area contributed by atoms with Crippen LogP contribution in [0, 0.1) is 19.8 Å². The van der Waals surface area contributed by atoms with Crippen molar-refractivity contribution in [1.29, 1.82) is 0 Å². The summed E-state index contributed by atoms with van der Waals surface area (Å²) >= 11 is 0. The van der Waals surface area contributed by atoms with Gasteiger partial charge in [0.25, 0.3) is 0 Å². The fourth-order valence-electron chi connectivity index (χ4n) is 3.19. The van der Waals surface area contributed by atoms with Crippen LogP contribution in [-0.4, -0.2) is 25.3 Å². The maximum absolute atomic E-state index is 11.3. The summed E-state index contributed by atoms with van der Waals surface area (Å²) in [6.45, 7) is 6.55. The first kappa shape index (κ1) is 20.8. The highest BCUT2D eigenvalue weighted by molar-refractivity contribution is 5.70. The van der Waals surface area contributed by atoms with Crippen LogP contribution < -0.4 is 9.47 Å². The van der Waals surface area contributed by atoms with Gasteiger partial charge in [-0.1, -0.05) is 25.1 Å². The number of aliphatic carboxylic acids is 1. The molecule has 2 aromatic rings. The molecule has 0 spiro atoms. The number of ether oxygens (including phenoxy) is 3. The van der Waals surface area contributed by atoms with Crippen molar-refractivity contribution in [2.75, 3.05) is 14.2 Å². The van der Waals surface area contributed by atoms with E-state index in [1.54, 1.807) is 21.1 Å². The van der Waals surface area contributed by atoms with Crippen molar-refractivity contribution in [3.63, 3.8) is 0 Å². The van der Waals surface area contributed by atoms with Crippen molar-refractivity contribution in [1.82, 2.24) is 0 Å². The Morgan fingerprint density at radius 2 is 1.74 bits per heavy atom. The fraction of sp³-hybridized carbons (Fsp3) is 0.409. The molecule has 0 aromatic heterocycles. The molecule has 5 nitrogen and oxygen atoms in total. The minimum atomic E-state index is -0.800. The molecule has 0 heterocycles. The van der Waals surface area contributed by atoms with Crippen LogP contribution in [0.3, 0.4) is 0 Å². The summed E-state index contributed by atoms with van der Waals surface area (Å²) in [7, 11) is 3.29. The smallest absolute Gasteiger partial charge is 0.306 e. The van der Waals surface area contributed by atoms with Crippen molar-refractivity contribution in [2.45, 2.75) is 40.4 Å². The van der Waals surface area contributed by atoms with Crippen molar-refractivity contribution in [2.24, 2.45) is 5.92 Å². The van der Waals surface area contributed by atoms with Gasteiger partial charge in [-0.15, -0.1) is 0 Å². The van der Waals surface area contributed by atoms with Crippen LogP contribution in [-0.2, 0) is 29.2 Å². The second-order valence-corrected chi connectivity index (χ2v) is 6.77. The van der Waals surface area contributed by atoms with E-state index in [-0.39, 0.29) is 0 Å². The lowest BCUT2D eigenvalue weighted by Crippen LogP contribution is -2.15. The highest BCUT2D eigenvalue weighted by Gasteiger charge is 2.19. The normalized spacial score (nSPS) is 11.9. The Morgan fingerprint density at radius 3 is 2.30 bits per heavy atom. The van der Waals surface area contributed by atoms with Crippen molar-refractivity contribution < 1.29 is 24.1 Å². The molecule has 27 heavy (non-hydrogen) atoms. The van der Waals surface area contributed by atoms with Gasteiger partial charge in [-0.05, 0) is 60.2 Å². The minimum Gasteiger partial charge on any atom is -0.497 e. The highest BCUT2D eigenvalue weighted by atomic mass is 16.5. The van der Waals surface area contributed by atoms with E-state index in [4.69, 9.17) is 14.2 Å². The molecule has 2 aromatic carbocycles. The topological polar surface area (TPSA) is 65.0 Å². The summed E-state index contributed by atoms with van der Waals surface area (Å²) in [5.41, 5.74) is 5.05. The van der Waals surface area contributed by atoms with Gasteiger partial charge in [0.05, 0.1) is 33.4 Å². The summed E-state index contributed by atoms with van der Waals surface area (Å²) in [4.78, 5) is 11.3. The van der Waals surface area contributed by atoms with Crippen LogP contribution in [0.15, 0.2) is 30.3 Å². The van der Waals surface area contributed by atoms with Crippen LogP contribution in [0.25, 0.3) is 0 Å². The molecular weight excluding hydrogens is 344 g/mol. The molecule has 0 saturated heterocycles. The van der Waals surface area contributed by atoms with Gasteiger partial charge >= 0.3 is 5.97 Å². The van der Waals surface area contributed by atoms with E-state index in [1.165, 1.54) is 0 Å². The van der Waals surface area contributed by atoms with Gasteiger partial charge in [0, 0.05) is 0 Å². The molecular formula is C22H28O5. The lowest BCUT2D eigenvalue weighted by atomic mass is 9.91. The molecule has 1 N–H and O–H groups in total. The second kappa shape index (κ2) is 9.42. The molecule has 0 radical (unpaired) electrons. The van der Waals surface area contributed by atoms with E-state index < -0.39 is 11.9 Å². The maximum atomic E-state index is 11.3. The van der Waals surface area contributed by atoms with E-state index in [0.29, 0.717) is 19.6 Å². The van der Waals surface area contributed by atoms with Gasteiger partial charge in [-0.3, -0.25) is 4.79 Å². The maximum Gasteiger partial charge on any atom is 0.306 e. The summed E-state index contributed by atoms with van der Waals surface area (Å²) in [5, 5.41) is 9.27. The van der Waals surface area contributed by atoms with Gasteiger partial charge in [-0.25, -0.2) is 0 Å². The lowest BCUT2D eigenvalue weighted by Gasteiger charge is -2.19.